The van der Waals surface area contributed by atoms with E-state index >= 15 is 0 Å². The molecule has 240 valence electrons. The van der Waals surface area contributed by atoms with Gasteiger partial charge in [-0.05, 0) is 69.0 Å². The van der Waals surface area contributed by atoms with Gasteiger partial charge in [0.05, 0.1) is 0 Å². The smallest absolute Gasteiger partial charge is 0.410 e. The van der Waals surface area contributed by atoms with Crippen molar-refractivity contribution in [3.8, 4) is 21.1 Å². The van der Waals surface area contributed by atoms with Crippen molar-refractivity contribution >= 4 is 28.8 Å². The summed E-state index contributed by atoms with van der Waals surface area (Å²) in [7, 11) is 0. The number of hydrogen-bond donors (Lipinski definition) is 1. The number of amides is 1. The van der Waals surface area contributed by atoms with Crippen molar-refractivity contribution in [3.05, 3.63) is 81.8 Å². The minimum Gasteiger partial charge on any atom is -0.444 e. The first-order chi connectivity index (χ1) is 21.6. The number of carbonyl (C=O) groups excluding carboxylic acids is 1. The summed E-state index contributed by atoms with van der Waals surface area (Å²) in [5, 5.41) is 9.64. The maximum Gasteiger partial charge on any atom is 0.410 e. The Morgan fingerprint density at radius 3 is 1.71 bits per heavy atom. The van der Waals surface area contributed by atoms with Crippen molar-refractivity contribution < 1.29 is 9.53 Å². The predicted molar refractivity (Wildman–Crippen MR) is 186 cm³/mol. The average molecular weight is 647 g/mol. The van der Waals surface area contributed by atoms with E-state index in [4.69, 9.17) is 4.74 Å². The average Bonchev–Trinajstić information content (AvgIpc) is 3.75. The second-order valence-electron chi connectivity index (χ2n) is 12.7. The molecule has 8 nitrogen and oxygen atoms in total. The molecule has 10 heteroatoms. The summed E-state index contributed by atoms with van der Waals surface area (Å²) in [5.74, 6) is 0. The Morgan fingerprint density at radius 2 is 1.27 bits per heavy atom. The minimum atomic E-state index is -0.442. The fourth-order valence-corrected chi connectivity index (χ4v) is 6.95. The topological polar surface area (TPSA) is 73.8 Å². The van der Waals surface area contributed by atoms with Crippen molar-refractivity contribution in [2.24, 2.45) is 0 Å². The van der Waals surface area contributed by atoms with Crippen molar-refractivity contribution in [1.29, 1.82) is 0 Å². The number of nitrogens with zero attached hydrogens (tertiary/aromatic N) is 5. The molecule has 0 aliphatic carbocycles. The highest BCUT2D eigenvalue weighted by Gasteiger charge is 2.26. The highest BCUT2D eigenvalue weighted by molar-refractivity contribution is 7.13. The molecule has 2 aromatic heterocycles. The summed E-state index contributed by atoms with van der Waals surface area (Å²) < 4.78 is 5.46. The van der Waals surface area contributed by atoms with Gasteiger partial charge in [-0.3, -0.25) is 9.80 Å². The van der Waals surface area contributed by atoms with Crippen molar-refractivity contribution in [1.82, 2.24) is 30.0 Å². The predicted octanol–water partition coefficient (Wildman–Crippen LogP) is 6.69. The standard InChI is InChI=1S/C20H27N3O2S.C15H19N3S/c1-15-5-6-16(13-17(15)18-21-7-12-26-18)14-22-8-10-23(11-9-22)19(24)25-20(2,3)4;1-12-2-3-13(11-18-7-4-16-5-8-18)10-14(12)15-17-6-9-19-15/h5-7,12-13H,8-11,14H2,1-4H3;2-3,6,9-10,16H,4-5,7-8,11H2,1H3. The molecule has 4 heterocycles. The number of aryl methyl sites for hydroxylation is 2. The third kappa shape index (κ3) is 9.67. The van der Waals surface area contributed by atoms with Crippen LogP contribution < -0.4 is 5.32 Å². The number of nitrogens with one attached hydrogen (secondary N) is 1. The molecule has 0 atom stereocenters. The van der Waals surface area contributed by atoms with Crippen molar-refractivity contribution in [2.45, 2.75) is 53.3 Å². The lowest BCUT2D eigenvalue weighted by molar-refractivity contribution is 0.0139. The number of piperazine rings is 2. The van der Waals surface area contributed by atoms with Gasteiger partial charge in [0.1, 0.15) is 15.6 Å². The Balaban J connectivity index is 0.000000186. The van der Waals surface area contributed by atoms with Crippen LogP contribution in [0.1, 0.15) is 43.0 Å². The maximum atomic E-state index is 12.2. The molecular weight excluding hydrogens is 601 g/mol. The molecule has 1 amide bonds. The third-order valence-electron chi connectivity index (χ3n) is 7.98. The normalized spacial score (nSPS) is 16.2. The van der Waals surface area contributed by atoms with Crippen LogP contribution >= 0.6 is 22.7 Å². The first-order valence-electron chi connectivity index (χ1n) is 15.8. The summed E-state index contributed by atoms with van der Waals surface area (Å²) in [6.45, 7) is 19.5. The van der Waals surface area contributed by atoms with Gasteiger partial charge in [-0.1, -0.05) is 24.3 Å². The zero-order valence-corrected chi connectivity index (χ0v) is 28.8. The van der Waals surface area contributed by atoms with E-state index in [1.807, 2.05) is 43.9 Å². The Hall–Kier alpha value is -3.15. The highest BCUT2D eigenvalue weighted by atomic mass is 32.1. The summed E-state index contributed by atoms with van der Waals surface area (Å²) >= 11 is 3.38. The number of ether oxygens (including phenoxy) is 1. The minimum absolute atomic E-state index is 0.210. The van der Waals surface area contributed by atoms with Crippen molar-refractivity contribution in [3.63, 3.8) is 0 Å². The molecule has 0 spiro atoms. The molecule has 45 heavy (non-hydrogen) atoms. The van der Waals surface area contributed by atoms with Gasteiger partial charge >= 0.3 is 6.09 Å². The van der Waals surface area contributed by atoms with E-state index in [1.165, 1.54) is 33.4 Å². The Bertz CT molecular complexity index is 1500. The summed E-state index contributed by atoms with van der Waals surface area (Å²) in [6.07, 6.45) is 3.52. The van der Waals surface area contributed by atoms with Crippen LogP contribution in [0.5, 0.6) is 0 Å². The van der Waals surface area contributed by atoms with Crippen LogP contribution in [0, 0.1) is 13.8 Å². The number of benzene rings is 2. The van der Waals surface area contributed by atoms with Crippen LogP contribution in [-0.4, -0.2) is 88.7 Å². The molecule has 2 aromatic carbocycles. The fourth-order valence-electron chi connectivity index (χ4n) is 5.51. The Kier molecular flexibility index (Phi) is 11.4. The number of rotatable bonds is 6. The van der Waals surface area contributed by atoms with Gasteiger partial charge in [0.2, 0.25) is 0 Å². The number of carbonyl (C=O) groups is 1. The van der Waals surface area contributed by atoms with Gasteiger partial charge in [0.25, 0.3) is 0 Å². The van der Waals surface area contributed by atoms with Crippen LogP contribution in [0.4, 0.5) is 4.79 Å². The molecule has 0 unspecified atom stereocenters. The van der Waals surface area contributed by atoms with Crippen LogP contribution in [-0.2, 0) is 17.8 Å². The number of thiazole rings is 2. The van der Waals surface area contributed by atoms with E-state index in [1.54, 1.807) is 27.6 Å². The van der Waals surface area contributed by atoms with Gasteiger partial charge in [-0.15, -0.1) is 22.7 Å². The molecule has 0 bridgehead atoms. The van der Waals surface area contributed by atoms with Crippen LogP contribution in [0.15, 0.2) is 59.6 Å². The zero-order chi connectivity index (χ0) is 31.8. The maximum absolute atomic E-state index is 12.2. The van der Waals surface area contributed by atoms with Gasteiger partial charge in [-0.2, -0.15) is 0 Å². The molecule has 2 saturated heterocycles. The van der Waals surface area contributed by atoms with E-state index in [-0.39, 0.29) is 6.09 Å². The van der Waals surface area contributed by atoms with E-state index < -0.39 is 5.60 Å². The summed E-state index contributed by atoms with van der Waals surface area (Å²) in [6, 6.07) is 13.4. The largest absolute Gasteiger partial charge is 0.444 e. The molecule has 2 aliphatic rings. The summed E-state index contributed by atoms with van der Waals surface area (Å²) in [4.78, 5) is 27.7. The quantitative estimate of drug-likeness (QED) is 0.250. The second kappa shape index (κ2) is 15.4. The van der Waals surface area contributed by atoms with Crippen LogP contribution in [0.3, 0.4) is 0 Å². The molecule has 6 rings (SSSR count). The van der Waals surface area contributed by atoms with Crippen LogP contribution in [0.25, 0.3) is 21.1 Å². The SMILES string of the molecule is Cc1ccc(CN2CCN(C(=O)OC(C)(C)C)CC2)cc1-c1nccs1.Cc1ccc(CN2CCNCC2)cc1-c1nccs1. The van der Waals surface area contributed by atoms with Gasteiger partial charge in [-0.25, -0.2) is 14.8 Å². The molecule has 4 aromatic rings. The molecule has 2 aliphatic heterocycles. The van der Waals surface area contributed by atoms with E-state index in [2.05, 4.69) is 75.3 Å². The van der Waals surface area contributed by atoms with Crippen LogP contribution in [0.2, 0.25) is 0 Å². The van der Waals surface area contributed by atoms with E-state index in [9.17, 15) is 4.79 Å². The molecular formula is C35H46N6O2S2. The molecule has 2 fully saturated rings. The zero-order valence-electron chi connectivity index (χ0n) is 27.2. The lowest BCUT2D eigenvalue weighted by Gasteiger charge is -2.35. The fraction of sp³-hybridized carbons (Fsp3) is 0.457. The molecule has 0 saturated carbocycles. The first kappa shape index (κ1) is 33.2. The lowest BCUT2D eigenvalue weighted by atomic mass is 10.0. The third-order valence-corrected chi connectivity index (χ3v) is 9.59. The van der Waals surface area contributed by atoms with Gasteiger partial charge < -0.3 is 15.0 Å². The number of aromatic nitrogens is 2. The first-order valence-corrected chi connectivity index (χ1v) is 17.5. The lowest BCUT2D eigenvalue weighted by Crippen LogP contribution is -2.49. The second-order valence-corrected chi connectivity index (χ2v) is 14.5. The van der Waals surface area contributed by atoms with Gasteiger partial charge in [0.15, 0.2) is 0 Å². The number of hydrogen-bond acceptors (Lipinski definition) is 9. The van der Waals surface area contributed by atoms with Gasteiger partial charge in [0, 0.05) is 99.7 Å². The van der Waals surface area contributed by atoms with Crippen molar-refractivity contribution in [2.75, 3.05) is 52.4 Å². The summed E-state index contributed by atoms with van der Waals surface area (Å²) in [5.41, 5.74) is 7.27. The monoisotopic (exact) mass is 646 g/mol. The van der Waals surface area contributed by atoms with E-state index in [0.29, 0.717) is 13.1 Å². The molecule has 1 N–H and O–H groups in total. The highest BCUT2D eigenvalue weighted by Crippen LogP contribution is 2.28. The van der Waals surface area contributed by atoms with E-state index in [0.717, 1.165) is 62.4 Å². The Labute approximate surface area is 276 Å². The molecule has 0 radical (unpaired) electrons. The Morgan fingerprint density at radius 1 is 0.778 bits per heavy atom.